The van der Waals surface area contributed by atoms with Crippen molar-refractivity contribution in [3.8, 4) is 0 Å². The Balaban J connectivity index is 2.62. The molecule has 1 rings (SSSR count). The Hall–Kier alpha value is -1.08. The van der Waals surface area contributed by atoms with Crippen LogP contribution in [0, 0.1) is 13.8 Å². The highest BCUT2D eigenvalue weighted by molar-refractivity contribution is 5.54. The molecule has 1 nitrogen and oxygen atoms in total. The zero-order valence-electron chi connectivity index (χ0n) is 9.30. The Morgan fingerprint density at radius 1 is 1.29 bits per heavy atom. The highest BCUT2D eigenvalue weighted by atomic mass is 14.8. The first-order chi connectivity index (χ1) is 6.74. The minimum atomic E-state index is 0.948. The largest absolute Gasteiger partial charge is 0.314 e. The van der Waals surface area contributed by atoms with Crippen LogP contribution in [0.1, 0.15) is 23.6 Å². The van der Waals surface area contributed by atoms with Gasteiger partial charge in [-0.2, -0.15) is 0 Å². The lowest BCUT2D eigenvalue weighted by Gasteiger charge is -2.01. The van der Waals surface area contributed by atoms with Gasteiger partial charge in [0, 0.05) is 6.54 Å². The quantitative estimate of drug-likeness (QED) is 0.718. The smallest absolute Gasteiger partial charge is 0.0138 e. The molecule has 0 aliphatic heterocycles. The molecule has 0 unspecified atom stereocenters. The highest BCUT2D eigenvalue weighted by Gasteiger charge is 1.92. The molecule has 0 amide bonds. The van der Waals surface area contributed by atoms with Crippen molar-refractivity contribution in [2.24, 2.45) is 0 Å². The van der Waals surface area contributed by atoms with Gasteiger partial charge in [-0.05, 0) is 31.5 Å². The fourth-order valence-electron chi connectivity index (χ4n) is 1.43. The van der Waals surface area contributed by atoms with Crippen LogP contribution in [0.15, 0.2) is 24.3 Å². The number of rotatable bonds is 4. The van der Waals surface area contributed by atoms with Gasteiger partial charge >= 0.3 is 0 Å². The summed E-state index contributed by atoms with van der Waals surface area (Å²) in [5, 5.41) is 3.26. The van der Waals surface area contributed by atoms with Gasteiger partial charge in [-0.15, -0.1) is 0 Å². The maximum absolute atomic E-state index is 3.26. The maximum Gasteiger partial charge on any atom is 0.0138 e. The molecule has 0 atom stereocenters. The molecule has 0 saturated heterocycles. The van der Waals surface area contributed by atoms with Crippen molar-refractivity contribution in [1.82, 2.24) is 5.32 Å². The fraction of sp³-hybridized carbons (Fsp3) is 0.385. The SMILES string of the molecule is CCNCC=Cc1ccc(C)cc1C. The van der Waals surface area contributed by atoms with Gasteiger partial charge in [-0.25, -0.2) is 0 Å². The van der Waals surface area contributed by atoms with Gasteiger partial charge in [0.05, 0.1) is 0 Å². The van der Waals surface area contributed by atoms with Crippen LogP contribution in [0.2, 0.25) is 0 Å². The van der Waals surface area contributed by atoms with Crippen LogP contribution in [-0.2, 0) is 0 Å². The van der Waals surface area contributed by atoms with E-state index in [2.05, 4.69) is 56.4 Å². The summed E-state index contributed by atoms with van der Waals surface area (Å²) in [5.41, 5.74) is 3.98. The van der Waals surface area contributed by atoms with Gasteiger partial charge < -0.3 is 5.32 Å². The molecule has 0 aliphatic rings. The van der Waals surface area contributed by atoms with Gasteiger partial charge in [0.1, 0.15) is 0 Å². The van der Waals surface area contributed by atoms with Crippen LogP contribution in [0.4, 0.5) is 0 Å². The summed E-state index contributed by atoms with van der Waals surface area (Å²) >= 11 is 0. The number of aryl methyl sites for hydroxylation is 2. The van der Waals surface area contributed by atoms with E-state index in [9.17, 15) is 0 Å². The molecule has 76 valence electrons. The van der Waals surface area contributed by atoms with E-state index in [0.29, 0.717) is 0 Å². The third kappa shape index (κ3) is 3.35. The first-order valence-corrected chi connectivity index (χ1v) is 5.18. The third-order valence-corrected chi connectivity index (χ3v) is 2.23. The minimum absolute atomic E-state index is 0.948. The van der Waals surface area contributed by atoms with Crippen molar-refractivity contribution < 1.29 is 0 Å². The summed E-state index contributed by atoms with van der Waals surface area (Å²) in [6.07, 6.45) is 4.35. The van der Waals surface area contributed by atoms with Gasteiger partial charge in [0.2, 0.25) is 0 Å². The lowest BCUT2D eigenvalue weighted by Crippen LogP contribution is -2.11. The van der Waals surface area contributed by atoms with Crippen LogP contribution in [0.5, 0.6) is 0 Å². The van der Waals surface area contributed by atoms with E-state index in [1.807, 2.05) is 0 Å². The van der Waals surface area contributed by atoms with Crippen LogP contribution < -0.4 is 5.32 Å². The molecule has 1 aromatic rings. The molecule has 0 aliphatic carbocycles. The van der Waals surface area contributed by atoms with Crippen molar-refractivity contribution in [2.45, 2.75) is 20.8 Å². The van der Waals surface area contributed by atoms with Crippen molar-refractivity contribution in [3.05, 3.63) is 41.0 Å². The minimum Gasteiger partial charge on any atom is -0.314 e. The zero-order valence-corrected chi connectivity index (χ0v) is 9.30. The predicted molar refractivity (Wildman–Crippen MR) is 63.5 cm³/mol. The molecule has 1 aromatic carbocycles. The summed E-state index contributed by atoms with van der Waals surface area (Å²) in [6.45, 7) is 8.37. The average molecular weight is 189 g/mol. The van der Waals surface area contributed by atoms with Crippen LogP contribution in [0.3, 0.4) is 0 Å². The summed E-state index contributed by atoms with van der Waals surface area (Å²) in [7, 11) is 0. The third-order valence-electron chi connectivity index (χ3n) is 2.23. The Morgan fingerprint density at radius 3 is 2.71 bits per heavy atom. The van der Waals surface area contributed by atoms with Crippen molar-refractivity contribution >= 4 is 6.08 Å². The molecule has 0 spiro atoms. The normalized spacial score (nSPS) is 11.1. The highest BCUT2D eigenvalue weighted by Crippen LogP contribution is 2.11. The summed E-state index contributed by atoms with van der Waals surface area (Å²) in [4.78, 5) is 0. The summed E-state index contributed by atoms with van der Waals surface area (Å²) in [6, 6.07) is 6.54. The van der Waals surface area contributed by atoms with Crippen LogP contribution in [0.25, 0.3) is 6.08 Å². The zero-order chi connectivity index (χ0) is 10.4. The van der Waals surface area contributed by atoms with Crippen LogP contribution >= 0.6 is 0 Å². The first-order valence-electron chi connectivity index (χ1n) is 5.18. The molecule has 0 heterocycles. The number of benzene rings is 1. The summed E-state index contributed by atoms with van der Waals surface area (Å²) < 4.78 is 0. The van der Waals surface area contributed by atoms with Gasteiger partial charge in [-0.3, -0.25) is 0 Å². The predicted octanol–water partition coefficient (Wildman–Crippen LogP) is 2.93. The fourth-order valence-corrected chi connectivity index (χ4v) is 1.43. The topological polar surface area (TPSA) is 12.0 Å². The van der Waals surface area contributed by atoms with E-state index >= 15 is 0 Å². The summed E-state index contributed by atoms with van der Waals surface area (Å²) in [5.74, 6) is 0. The second-order valence-electron chi connectivity index (χ2n) is 3.57. The second-order valence-corrected chi connectivity index (χ2v) is 3.57. The molecule has 0 bridgehead atoms. The second kappa shape index (κ2) is 5.61. The molecular weight excluding hydrogens is 170 g/mol. The van der Waals surface area contributed by atoms with Gasteiger partial charge in [-0.1, -0.05) is 42.8 Å². The van der Waals surface area contributed by atoms with Crippen LogP contribution in [-0.4, -0.2) is 13.1 Å². The van der Waals surface area contributed by atoms with Crippen molar-refractivity contribution in [3.63, 3.8) is 0 Å². The Bertz CT molecular complexity index is 313. The number of likely N-dealkylation sites (N-methyl/N-ethyl adjacent to an activating group) is 1. The number of nitrogens with one attached hydrogen (secondary N) is 1. The lowest BCUT2D eigenvalue weighted by molar-refractivity contribution is 0.801. The van der Waals surface area contributed by atoms with E-state index in [4.69, 9.17) is 0 Å². The van der Waals surface area contributed by atoms with E-state index in [1.54, 1.807) is 0 Å². The maximum atomic E-state index is 3.26. The number of hydrogen-bond donors (Lipinski definition) is 1. The van der Waals surface area contributed by atoms with Crippen molar-refractivity contribution in [2.75, 3.05) is 13.1 Å². The average Bonchev–Trinajstić information content (AvgIpc) is 2.15. The number of hydrogen-bond acceptors (Lipinski definition) is 1. The van der Waals surface area contributed by atoms with E-state index in [-0.39, 0.29) is 0 Å². The van der Waals surface area contributed by atoms with E-state index in [1.165, 1.54) is 16.7 Å². The molecule has 1 N–H and O–H groups in total. The van der Waals surface area contributed by atoms with E-state index < -0.39 is 0 Å². The van der Waals surface area contributed by atoms with Gasteiger partial charge in [0.15, 0.2) is 0 Å². The van der Waals surface area contributed by atoms with Crippen molar-refractivity contribution in [1.29, 1.82) is 0 Å². The first kappa shape index (κ1) is 11.0. The molecule has 0 aromatic heterocycles. The monoisotopic (exact) mass is 189 g/mol. The Morgan fingerprint density at radius 2 is 2.07 bits per heavy atom. The standard InChI is InChI=1S/C13H19N/c1-4-14-9-5-6-13-8-7-11(2)10-12(13)3/h5-8,10,14H,4,9H2,1-3H3. The van der Waals surface area contributed by atoms with Gasteiger partial charge in [0.25, 0.3) is 0 Å². The molecule has 14 heavy (non-hydrogen) atoms. The lowest BCUT2D eigenvalue weighted by atomic mass is 10.1. The van der Waals surface area contributed by atoms with E-state index in [0.717, 1.165) is 13.1 Å². The Kier molecular flexibility index (Phi) is 4.41. The molecule has 0 radical (unpaired) electrons. The molecule has 0 saturated carbocycles. The molecule has 1 heteroatoms. The Labute approximate surface area is 86.8 Å². The molecule has 0 fully saturated rings. The molecular formula is C13H19N.